The summed E-state index contributed by atoms with van der Waals surface area (Å²) < 4.78 is 13.7. The van der Waals surface area contributed by atoms with Crippen molar-refractivity contribution < 1.29 is 9.18 Å². The molecule has 1 aromatic carbocycles. The molecule has 1 unspecified atom stereocenters. The smallest absolute Gasteiger partial charge is 0.254 e. The zero-order valence-electron chi connectivity index (χ0n) is 17.3. The SMILES string of the molecule is CCNC(=NCCNC(=O)c1ccccc1F)NC1CCN(c2ncccc2Cl)C1.I. The quantitative estimate of drug-likeness (QED) is 0.210. The van der Waals surface area contributed by atoms with E-state index < -0.39 is 11.7 Å². The van der Waals surface area contributed by atoms with Crippen molar-refractivity contribution in [2.75, 3.05) is 37.6 Å². The molecule has 31 heavy (non-hydrogen) atoms. The highest BCUT2D eigenvalue weighted by Crippen LogP contribution is 2.25. The van der Waals surface area contributed by atoms with E-state index in [4.69, 9.17) is 11.6 Å². The van der Waals surface area contributed by atoms with Gasteiger partial charge in [0.2, 0.25) is 0 Å². The number of nitrogens with zero attached hydrogens (tertiary/aromatic N) is 3. The number of carbonyl (C=O) groups is 1. The minimum absolute atomic E-state index is 0. The second kappa shape index (κ2) is 12.7. The zero-order chi connectivity index (χ0) is 21.3. The minimum atomic E-state index is -0.535. The fraction of sp³-hybridized carbons (Fsp3) is 0.381. The summed E-state index contributed by atoms with van der Waals surface area (Å²) in [6, 6.07) is 9.77. The average Bonchev–Trinajstić information content (AvgIpc) is 3.20. The molecule has 3 N–H and O–H groups in total. The van der Waals surface area contributed by atoms with Gasteiger partial charge in [0.25, 0.3) is 5.91 Å². The molecule has 7 nitrogen and oxygen atoms in total. The molecule has 1 fully saturated rings. The minimum Gasteiger partial charge on any atom is -0.357 e. The van der Waals surface area contributed by atoms with Gasteiger partial charge in [-0.3, -0.25) is 9.79 Å². The van der Waals surface area contributed by atoms with Gasteiger partial charge >= 0.3 is 0 Å². The predicted molar refractivity (Wildman–Crippen MR) is 133 cm³/mol. The van der Waals surface area contributed by atoms with Crippen LogP contribution in [-0.2, 0) is 0 Å². The third kappa shape index (κ3) is 7.20. The first kappa shape index (κ1) is 25.1. The Morgan fingerprint density at radius 1 is 1.29 bits per heavy atom. The van der Waals surface area contributed by atoms with Crippen LogP contribution >= 0.6 is 35.6 Å². The Balaban J connectivity index is 0.00000341. The molecule has 0 aliphatic carbocycles. The Morgan fingerprint density at radius 2 is 2.10 bits per heavy atom. The van der Waals surface area contributed by atoms with Gasteiger partial charge in [-0.05, 0) is 37.6 Å². The molecule has 0 spiro atoms. The molecule has 1 aromatic heterocycles. The second-order valence-electron chi connectivity index (χ2n) is 6.88. The summed E-state index contributed by atoms with van der Waals surface area (Å²) in [7, 11) is 0. The number of hydrogen-bond donors (Lipinski definition) is 3. The Morgan fingerprint density at radius 3 is 2.84 bits per heavy atom. The number of pyridine rings is 1. The molecule has 168 valence electrons. The Bertz CT molecular complexity index is 900. The van der Waals surface area contributed by atoms with Crippen molar-refractivity contribution in [1.82, 2.24) is 20.9 Å². The van der Waals surface area contributed by atoms with Crippen LogP contribution in [0.5, 0.6) is 0 Å². The largest absolute Gasteiger partial charge is 0.357 e. The number of carbonyl (C=O) groups excluding carboxylic acids is 1. The Kier molecular flexibility index (Phi) is 10.3. The van der Waals surface area contributed by atoms with Gasteiger partial charge in [0.15, 0.2) is 5.96 Å². The van der Waals surface area contributed by atoms with Crippen LogP contribution in [0.15, 0.2) is 47.6 Å². The molecule has 0 radical (unpaired) electrons. The molecule has 10 heteroatoms. The molecule has 3 rings (SSSR count). The maximum Gasteiger partial charge on any atom is 0.254 e. The first-order chi connectivity index (χ1) is 14.6. The molecular formula is C21H27ClFIN6O. The van der Waals surface area contributed by atoms with Crippen LogP contribution in [0.1, 0.15) is 23.7 Å². The van der Waals surface area contributed by atoms with Crippen molar-refractivity contribution in [3.05, 3.63) is 59.0 Å². The van der Waals surface area contributed by atoms with E-state index in [0.29, 0.717) is 24.1 Å². The van der Waals surface area contributed by atoms with E-state index in [0.717, 1.165) is 31.9 Å². The molecule has 0 saturated carbocycles. The fourth-order valence-corrected chi connectivity index (χ4v) is 3.51. The topological polar surface area (TPSA) is 81.6 Å². The van der Waals surface area contributed by atoms with Crippen LogP contribution in [-0.4, -0.2) is 55.6 Å². The predicted octanol–water partition coefficient (Wildman–Crippen LogP) is 3.06. The van der Waals surface area contributed by atoms with Crippen LogP contribution in [0.25, 0.3) is 0 Å². The van der Waals surface area contributed by atoms with Gasteiger partial charge in [0.05, 0.1) is 17.1 Å². The Hall–Kier alpha value is -2.14. The van der Waals surface area contributed by atoms with Gasteiger partial charge < -0.3 is 20.9 Å². The molecule has 1 saturated heterocycles. The third-order valence-electron chi connectivity index (χ3n) is 4.70. The number of rotatable bonds is 7. The molecule has 1 aliphatic rings. The third-order valence-corrected chi connectivity index (χ3v) is 4.99. The summed E-state index contributed by atoms with van der Waals surface area (Å²) in [5.74, 6) is 0.491. The lowest BCUT2D eigenvalue weighted by molar-refractivity contribution is 0.0951. The summed E-state index contributed by atoms with van der Waals surface area (Å²) in [6.45, 7) is 5.02. The van der Waals surface area contributed by atoms with Crippen LogP contribution in [0.3, 0.4) is 0 Å². The van der Waals surface area contributed by atoms with Crippen LogP contribution < -0.4 is 20.9 Å². The van der Waals surface area contributed by atoms with Crippen molar-refractivity contribution in [2.45, 2.75) is 19.4 Å². The van der Waals surface area contributed by atoms with Gasteiger partial charge in [-0.1, -0.05) is 23.7 Å². The van der Waals surface area contributed by atoms with E-state index in [9.17, 15) is 9.18 Å². The van der Waals surface area contributed by atoms with Gasteiger partial charge in [0.1, 0.15) is 11.6 Å². The van der Waals surface area contributed by atoms with E-state index in [-0.39, 0.29) is 35.6 Å². The number of amides is 1. The fourth-order valence-electron chi connectivity index (χ4n) is 3.27. The lowest BCUT2D eigenvalue weighted by Gasteiger charge is -2.20. The van der Waals surface area contributed by atoms with Gasteiger partial charge in [0, 0.05) is 38.4 Å². The first-order valence-corrected chi connectivity index (χ1v) is 10.4. The number of guanidine groups is 1. The first-order valence-electron chi connectivity index (χ1n) is 10.0. The highest BCUT2D eigenvalue weighted by molar-refractivity contribution is 14.0. The number of aromatic nitrogens is 1. The summed E-state index contributed by atoms with van der Waals surface area (Å²) >= 11 is 6.25. The normalized spacial score (nSPS) is 15.9. The number of nitrogens with one attached hydrogen (secondary N) is 3. The molecule has 1 amide bonds. The van der Waals surface area contributed by atoms with E-state index >= 15 is 0 Å². The number of hydrogen-bond acceptors (Lipinski definition) is 4. The van der Waals surface area contributed by atoms with Gasteiger partial charge in [-0.15, -0.1) is 24.0 Å². The molecule has 1 aliphatic heterocycles. The molecular weight excluding hydrogens is 534 g/mol. The number of aliphatic imine (C=N–C) groups is 1. The van der Waals surface area contributed by atoms with E-state index in [2.05, 4.69) is 30.8 Å². The van der Waals surface area contributed by atoms with Crippen LogP contribution in [0.4, 0.5) is 10.2 Å². The lowest BCUT2D eigenvalue weighted by atomic mass is 10.2. The van der Waals surface area contributed by atoms with Crippen molar-refractivity contribution in [1.29, 1.82) is 0 Å². The van der Waals surface area contributed by atoms with Crippen molar-refractivity contribution in [3.8, 4) is 0 Å². The number of benzene rings is 1. The lowest BCUT2D eigenvalue weighted by Crippen LogP contribution is -2.45. The van der Waals surface area contributed by atoms with Gasteiger partial charge in [-0.25, -0.2) is 9.37 Å². The Labute approximate surface area is 203 Å². The van der Waals surface area contributed by atoms with Crippen LogP contribution in [0.2, 0.25) is 5.02 Å². The summed E-state index contributed by atoms with van der Waals surface area (Å²) in [5, 5.41) is 9.96. The summed E-state index contributed by atoms with van der Waals surface area (Å²) in [4.78, 5) is 23.1. The average molecular weight is 561 g/mol. The maximum absolute atomic E-state index is 13.7. The van der Waals surface area contributed by atoms with Gasteiger partial charge in [-0.2, -0.15) is 0 Å². The van der Waals surface area contributed by atoms with Crippen LogP contribution in [0, 0.1) is 5.82 Å². The maximum atomic E-state index is 13.7. The zero-order valence-corrected chi connectivity index (χ0v) is 20.4. The number of halogens is 3. The van der Waals surface area contributed by atoms with Crippen molar-refractivity contribution >= 4 is 53.3 Å². The monoisotopic (exact) mass is 560 g/mol. The second-order valence-corrected chi connectivity index (χ2v) is 7.29. The van der Waals surface area contributed by atoms with E-state index in [1.807, 2.05) is 19.1 Å². The molecule has 2 aromatic rings. The highest BCUT2D eigenvalue weighted by Gasteiger charge is 2.25. The standard InChI is InChI=1S/C21H26ClFN6O.HI/c1-2-24-21(27-12-11-26-20(30)16-6-3-4-8-18(16)23)28-15-9-13-29(14-15)19-17(22)7-5-10-25-19;/h3-8,10,15H,2,9,11-14H2,1H3,(H,26,30)(H2,24,27,28);1H. The summed E-state index contributed by atoms with van der Waals surface area (Å²) in [5.41, 5.74) is 0.0331. The highest BCUT2D eigenvalue weighted by atomic mass is 127. The summed E-state index contributed by atoms with van der Waals surface area (Å²) in [6.07, 6.45) is 2.67. The molecule has 1 atom stereocenters. The van der Waals surface area contributed by atoms with E-state index in [1.165, 1.54) is 12.1 Å². The molecule has 2 heterocycles. The number of anilines is 1. The van der Waals surface area contributed by atoms with E-state index in [1.54, 1.807) is 18.3 Å². The molecule has 0 bridgehead atoms. The van der Waals surface area contributed by atoms with Crippen molar-refractivity contribution in [2.24, 2.45) is 4.99 Å². The van der Waals surface area contributed by atoms with Crippen molar-refractivity contribution in [3.63, 3.8) is 0 Å².